The van der Waals surface area contributed by atoms with E-state index in [1.807, 2.05) is 6.07 Å². The van der Waals surface area contributed by atoms with Gasteiger partial charge in [-0.25, -0.2) is 0 Å². The van der Waals surface area contributed by atoms with Crippen molar-refractivity contribution in [1.82, 2.24) is 5.32 Å². The van der Waals surface area contributed by atoms with Crippen LogP contribution in [0.5, 0.6) is 5.75 Å². The number of nitrogens with two attached hydrogens (primary N) is 1. The number of hydrogen-bond donors (Lipinski definition) is 4. The van der Waals surface area contributed by atoms with Gasteiger partial charge >= 0.3 is 5.97 Å². The number of carbonyl (C=O) groups is 2. The van der Waals surface area contributed by atoms with Crippen molar-refractivity contribution < 1.29 is 24.5 Å². The zero-order valence-corrected chi connectivity index (χ0v) is 10.9. The van der Waals surface area contributed by atoms with Gasteiger partial charge < -0.3 is 26.0 Å². The second kappa shape index (κ2) is 8.13. The van der Waals surface area contributed by atoms with Crippen LogP contribution in [0.15, 0.2) is 30.3 Å². The van der Waals surface area contributed by atoms with E-state index in [1.54, 1.807) is 24.3 Å². The first-order valence-corrected chi connectivity index (χ1v) is 6.09. The quantitative estimate of drug-likeness (QED) is 0.477. The molecule has 1 aromatic rings. The number of carboxylic acids is 1. The molecule has 0 aliphatic rings. The molecule has 0 saturated carbocycles. The number of carboxylic acid groups (broad SMARTS) is 1. The molecule has 1 rings (SSSR count). The number of aliphatic hydroxyl groups excluding tert-OH is 1. The average Bonchev–Trinajstić information content (AvgIpc) is 2.41. The van der Waals surface area contributed by atoms with E-state index in [1.165, 1.54) is 0 Å². The summed E-state index contributed by atoms with van der Waals surface area (Å²) in [7, 11) is 0. The predicted molar refractivity (Wildman–Crippen MR) is 71.2 cm³/mol. The third kappa shape index (κ3) is 6.17. The van der Waals surface area contributed by atoms with Crippen molar-refractivity contribution in [3.05, 3.63) is 30.3 Å². The van der Waals surface area contributed by atoms with Gasteiger partial charge in [0.15, 0.2) is 0 Å². The summed E-state index contributed by atoms with van der Waals surface area (Å²) in [6, 6.07) is 7.81. The van der Waals surface area contributed by atoms with E-state index in [2.05, 4.69) is 5.32 Å². The number of carbonyl (C=O) groups excluding carboxylic acids is 1. The zero-order chi connectivity index (χ0) is 15.0. The number of nitrogens with one attached hydrogen (secondary N) is 1. The van der Waals surface area contributed by atoms with Crippen molar-refractivity contribution in [3.8, 4) is 5.75 Å². The Bertz CT molecular complexity index is 438. The first-order valence-electron chi connectivity index (χ1n) is 6.09. The van der Waals surface area contributed by atoms with E-state index in [0.717, 1.165) is 0 Å². The molecular weight excluding hydrogens is 264 g/mol. The maximum absolute atomic E-state index is 10.8. The molecule has 7 nitrogen and oxygen atoms in total. The van der Waals surface area contributed by atoms with Crippen LogP contribution in [0.4, 0.5) is 0 Å². The van der Waals surface area contributed by atoms with Gasteiger partial charge in [-0.05, 0) is 12.1 Å². The minimum absolute atomic E-state index is 0.0138. The molecule has 110 valence electrons. The molecule has 0 heterocycles. The Hall–Kier alpha value is -2.12. The lowest BCUT2D eigenvalue weighted by Crippen LogP contribution is -2.44. The largest absolute Gasteiger partial charge is 0.491 e. The van der Waals surface area contributed by atoms with Crippen molar-refractivity contribution in [2.45, 2.75) is 18.6 Å². The van der Waals surface area contributed by atoms with Gasteiger partial charge in [0.05, 0.1) is 6.42 Å². The van der Waals surface area contributed by atoms with Gasteiger partial charge in [-0.15, -0.1) is 0 Å². The highest BCUT2D eigenvalue weighted by molar-refractivity contribution is 5.83. The number of hydrogen-bond acceptors (Lipinski definition) is 5. The van der Waals surface area contributed by atoms with Crippen LogP contribution in [0.2, 0.25) is 0 Å². The highest BCUT2D eigenvalue weighted by Gasteiger charge is 2.20. The molecule has 7 heteroatoms. The lowest BCUT2D eigenvalue weighted by atomic mass is 10.2. The Morgan fingerprint density at radius 2 is 1.95 bits per heavy atom. The van der Waals surface area contributed by atoms with E-state index in [9.17, 15) is 14.7 Å². The van der Waals surface area contributed by atoms with E-state index in [4.69, 9.17) is 15.6 Å². The normalized spacial score (nSPS) is 13.4. The molecule has 1 amide bonds. The predicted octanol–water partition coefficient (Wildman–Crippen LogP) is -0.655. The van der Waals surface area contributed by atoms with Crippen molar-refractivity contribution in [2.75, 3.05) is 13.2 Å². The number of amides is 1. The molecule has 20 heavy (non-hydrogen) atoms. The van der Waals surface area contributed by atoms with Gasteiger partial charge in [0, 0.05) is 6.54 Å². The summed E-state index contributed by atoms with van der Waals surface area (Å²) in [5.74, 6) is -1.31. The molecule has 5 N–H and O–H groups in total. The van der Waals surface area contributed by atoms with E-state index in [0.29, 0.717) is 5.75 Å². The summed E-state index contributed by atoms with van der Waals surface area (Å²) < 4.78 is 5.31. The Morgan fingerprint density at radius 3 is 2.50 bits per heavy atom. The lowest BCUT2D eigenvalue weighted by Gasteiger charge is -2.16. The number of para-hydroxylation sites is 1. The van der Waals surface area contributed by atoms with Crippen LogP contribution in [0.3, 0.4) is 0 Å². The molecular formula is C13H18N2O5. The molecule has 2 atom stereocenters. The number of benzene rings is 1. The Labute approximate surface area is 116 Å². The fourth-order valence-electron chi connectivity index (χ4n) is 1.49. The molecule has 0 radical (unpaired) electrons. The molecule has 0 unspecified atom stereocenters. The van der Waals surface area contributed by atoms with Crippen molar-refractivity contribution >= 4 is 11.9 Å². The van der Waals surface area contributed by atoms with Crippen LogP contribution in [-0.4, -0.2) is 47.4 Å². The van der Waals surface area contributed by atoms with Crippen molar-refractivity contribution in [2.24, 2.45) is 5.73 Å². The van der Waals surface area contributed by atoms with E-state index < -0.39 is 24.0 Å². The number of rotatable bonds is 9. The maximum atomic E-state index is 10.8. The smallest absolute Gasteiger partial charge is 0.321 e. The van der Waals surface area contributed by atoms with Crippen LogP contribution in [0, 0.1) is 0 Å². The molecule has 0 fully saturated rings. The third-order valence-corrected chi connectivity index (χ3v) is 2.49. The SMILES string of the molecule is NC(=O)C[C@H](NC[C@H](O)COc1ccccc1)C(=O)O. The maximum Gasteiger partial charge on any atom is 0.321 e. The standard InChI is InChI=1S/C13H18N2O5/c14-12(17)6-11(13(18)19)15-7-9(16)8-20-10-4-2-1-3-5-10/h1-5,9,11,15-16H,6-8H2,(H2,14,17)(H,18,19)/t9-,11-/m0/s1. The molecule has 0 spiro atoms. The Balaban J connectivity index is 2.32. The zero-order valence-electron chi connectivity index (χ0n) is 10.9. The molecule has 0 aliphatic heterocycles. The van der Waals surface area contributed by atoms with Crippen LogP contribution >= 0.6 is 0 Å². The molecule has 1 aromatic carbocycles. The van der Waals surface area contributed by atoms with Crippen LogP contribution in [0.25, 0.3) is 0 Å². The molecule has 0 bridgehead atoms. The second-order valence-electron chi connectivity index (χ2n) is 4.25. The Morgan fingerprint density at radius 1 is 1.30 bits per heavy atom. The Kier molecular flexibility index (Phi) is 6.48. The van der Waals surface area contributed by atoms with Crippen LogP contribution in [-0.2, 0) is 9.59 Å². The topological polar surface area (TPSA) is 122 Å². The molecule has 0 aliphatic carbocycles. The molecule has 0 aromatic heterocycles. The summed E-state index contributed by atoms with van der Waals surface area (Å²) in [5, 5.41) is 21.1. The monoisotopic (exact) mass is 282 g/mol. The minimum atomic E-state index is -1.19. The summed E-state index contributed by atoms with van der Waals surface area (Å²) in [5.41, 5.74) is 4.94. The number of ether oxygens (including phenoxy) is 1. The fraction of sp³-hybridized carbons (Fsp3) is 0.385. The first-order chi connectivity index (χ1) is 9.49. The van der Waals surface area contributed by atoms with Gasteiger partial charge in [0.1, 0.15) is 24.5 Å². The number of aliphatic hydroxyl groups is 1. The van der Waals surface area contributed by atoms with Crippen LogP contribution < -0.4 is 15.8 Å². The van der Waals surface area contributed by atoms with E-state index in [-0.39, 0.29) is 19.6 Å². The van der Waals surface area contributed by atoms with Gasteiger partial charge in [-0.1, -0.05) is 18.2 Å². The third-order valence-electron chi connectivity index (χ3n) is 2.49. The minimum Gasteiger partial charge on any atom is -0.491 e. The summed E-state index contributed by atoms with van der Waals surface area (Å²) >= 11 is 0. The number of aliphatic carboxylic acids is 1. The summed E-state index contributed by atoms with van der Waals surface area (Å²) in [6.07, 6.45) is -1.23. The van der Waals surface area contributed by atoms with Gasteiger partial charge in [0.2, 0.25) is 5.91 Å². The second-order valence-corrected chi connectivity index (χ2v) is 4.25. The van der Waals surface area contributed by atoms with Crippen LogP contribution in [0.1, 0.15) is 6.42 Å². The number of primary amides is 1. The summed E-state index contributed by atoms with van der Waals surface area (Å²) in [4.78, 5) is 21.5. The fourth-order valence-corrected chi connectivity index (χ4v) is 1.49. The highest BCUT2D eigenvalue weighted by atomic mass is 16.5. The average molecular weight is 282 g/mol. The highest BCUT2D eigenvalue weighted by Crippen LogP contribution is 2.08. The van der Waals surface area contributed by atoms with Crippen molar-refractivity contribution in [1.29, 1.82) is 0 Å². The van der Waals surface area contributed by atoms with Crippen molar-refractivity contribution in [3.63, 3.8) is 0 Å². The van der Waals surface area contributed by atoms with Gasteiger partial charge in [-0.2, -0.15) is 0 Å². The summed E-state index contributed by atoms with van der Waals surface area (Å²) in [6.45, 7) is -0.00297. The lowest BCUT2D eigenvalue weighted by molar-refractivity contribution is -0.141. The van der Waals surface area contributed by atoms with E-state index >= 15 is 0 Å². The molecule has 0 saturated heterocycles. The first kappa shape index (κ1) is 15.9. The van der Waals surface area contributed by atoms with Gasteiger partial charge in [0.25, 0.3) is 0 Å². The van der Waals surface area contributed by atoms with Gasteiger partial charge in [-0.3, -0.25) is 9.59 Å².